The monoisotopic (exact) mass is 291 g/mol. The van der Waals surface area contributed by atoms with Crippen molar-refractivity contribution >= 4 is 5.69 Å². The Balaban J connectivity index is 1.62. The highest BCUT2D eigenvalue weighted by atomic mass is 16.5. The van der Waals surface area contributed by atoms with Gasteiger partial charge >= 0.3 is 0 Å². The topological polar surface area (TPSA) is 50.5 Å². The summed E-state index contributed by atoms with van der Waals surface area (Å²) < 4.78 is 5.82. The molecule has 118 valence electrons. The van der Waals surface area contributed by atoms with Gasteiger partial charge in [0, 0.05) is 18.8 Å². The molecule has 1 saturated heterocycles. The summed E-state index contributed by atoms with van der Waals surface area (Å²) in [6, 6.07) is 8.25. The number of nitrogens with zero attached hydrogens (tertiary/aromatic N) is 1. The molecule has 3 N–H and O–H groups in total. The molecule has 2 rings (SSSR count). The van der Waals surface area contributed by atoms with E-state index in [2.05, 4.69) is 22.3 Å². The molecule has 0 atom stereocenters. The standard InChI is InChI=1S/C17H29N3O/c18-10-2-3-11-19-16-6-8-17(9-7-16)21-15-14-20-12-4-1-5-13-20/h6-9,19H,1-5,10-15,18H2. The number of rotatable bonds is 9. The van der Waals surface area contributed by atoms with Crippen molar-refractivity contribution in [2.24, 2.45) is 5.73 Å². The van der Waals surface area contributed by atoms with Crippen LogP contribution in [0.2, 0.25) is 0 Å². The number of benzene rings is 1. The summed E-state index contributed by atoms with van der Waals surface area (Å²) in [6.07, 6.45) is 6.25. The van der Waals surface area contributed by atoms with Gasteiger partial charge in [0.05, 0.1) is 0 Å². The van der Waals surface area contributed by atoms with Crippen molar-refractivity contribution in [1.82, 2.24) is 4.90 Å². The van der Waals surface area contributed by atoms with Crippen molar-refractivity contribution in [2.45, 2.75) is 32.1 Å². The molecule has 1 aliphatic heterocycles. The Morgan fingerprint density at radius 3 is 2.52 bits per heavy atom. The normalized spacial score (nSPS) is 15.9. The number of nitrogens with one attached hydrogen (secondary N) is 1. The number of ether oxygens (including phenoxy) is 1. The van der Waals surface area contributed by atoms with Gasteiger partial charge in [-0.3, -0.25) is 4.90 Å². The minimum Gasteiger partial charge on any atom is -0.492 e. The van der Waals surface area contributed by atoms with Crippen molar-refractivity contribution in [3.63, 3.8) is 0 Å². The van der Waals surface area contributed by atoms with Gasteiger partial charge in [0.2, 0.25) is 0 Å². The molecule has 4 nitrogen and oxygen atoms in total. The summed E-state index contributed by atoms with van der Waals surface area (Å²) in [4.78, 5) is 2.50. The number of hydrogen-bond acceptors (Lipinski definition) is 4. The fraction of sp³-hybridized carbons (Fsp3) is 0.647. The van der Waals surface area contributed by atoms with Gasteiger partial charge in [-0.05, 0) is 69.6 Å². The SMILES string of the molecule is NCCCCNc1ccc(OCCN2CCCCC2)cc1. The predicted molar refractivity (Wildman–Crippen MR) is 89.0 cm³/mol. The largest absolute Gasteiger partial charge is 0.492 e. The average molecular weight is 291 g/mol. The maximum absolute atomic E-state index is 5.82. The van der Waals surface area contributed by atoms with Crippen LogP contribution < -0.4 is 15.8 Å². The van der Waals surface area contributed by atoms with Crippen LogP contribution in [0, 0.1) is 0 Å². The molecule has 1 aliphatic rings. The van der Waals surface area contributed by atoms with Crippen molar-refractivity contribution in [3.8, 4) is 5.75 Å². The Bertz CT molecular complexity index is 374. The number of likely N-dealkylation sites (tertiary alicyclic amines) is 1. The van der Waals surface area contributed by atoms with Gasteiger partial charge in [-0.25, -0.2) is 0 Å². The van der Waals surface area contributed by atoms with E-state index in [4.69, 9.17) is 10.5 Å². The first-order chi connectivity index (χ1) is 10.4. The first kappa shape index (κ1) is 16.1. The molecule has 0 aliphatic carbocycles. The smallest absolute Gasteiger partial charge is 0.119 e. The molecule has 0 spiro atoms. The van der Waals surface area contributed by atoms with Crippen LogP contribution in [0.15, 0.2) is 24.3 Å². The lowest BCUT2D eigenvalue weighted by molar-refractivity contribution is 0.183. The molecule has 4 heteroatoms. The maximum atomic E-state index is 5.82. The fourth-order valence-electron chi connectivity index (χ4n) is 2.65. The van der Waals surface area contributed by atoms with E-state index in [-0.39, 0.29) is 0 Å². The van der Waals surface area contributed by atoms with E-state index >= 15 is 0 Å². The van der Waals surface area contributed by atoms with E-state index in [0.717, 1.165) is 50.5 Å². The highest BCUT2D eigenvalue weighted by Gasteiger charge is 2.09. The second kappa shape index (κ2) is 9.64. The molecule has 1 aromatic rings. The minimum absolute atomic E-state index is 0.769. The van der Waals surface area contributed by atoms with Crippen LogP contribution >= 0.6 is 0 Å². The van der Waals surface area contributed by atoms with E-state index in [1.54, 1.807) is 0 Å². The van der Waals surface area contributed by atoms with Crippen molar-refractivity contribution < 1.29 is 4.74 Å². The fourth-order valence-corrected chi connectivity index (χ4v) is 2.65. The molecule has 0 radical (unpaired) electrons. The van der Waals surface area contributed by atoms with Crippen molar-refractivity contribution in [1.29, 1.82) is 0 Å². The first-order valence-electron chi connectivity index (χ1n) is 8.27. The Labute approximate surface area is 128 Å². The number of hydrogen-bond donors (Lipinski definition) is 2. The molecule has 0 saturated carbocycles. The van der Waals surface area contributed by atoms with Crippen LogP contribution in [0.3, 0.4) is 0 Å². The molecule has 1 aromatic carbocycles. The lowest BCUT2D eigenvalue weighted by Gasteiger charge is -2.26. The van der Waals surface area contributed by atoms with Crippen LogP contribution in [0.25, 0.3) is 0 Å². The minimum atomic E-state index is 0.769. The van der Waals surface area contributed by atoms with Gasteiger partial charge in [0.25, 0.3) is 0 Å². The summed E-state index contributed by atoms with van der Waals surface area (Å²) in [6.45, 7) is 6.03. The highest BCUT2D eigenvalue weighted by molar-refractivity contribution is 5.46. The van der Waals surface area contributed by atoms with Crippen LogP contribution in [0.4, 0.5) is 5.69 Å². The Kier molecular flexibility index (Phi) is 7.39. The van der Waals surface area contributed by atoms with E-state index in [1.165, 1.54) is 32.4 Å². The van der Waals surface area contributed by atoms with Crippen LogP contribution in [0.1, 0.15) is 32.1 Å². The van der Waals surface area contributed by atoms with Gasteiger partial charge in [-0.15, -0.1) is 0 Å². The highest BCUT2D eigenvalue weighted by Crippen LogP contribution is 2.16. The van der Waals surface area contributed by atoms with E-state index in [1.807, 2.05) is 12.1 Å². The molecule has 1 fully saturated rings. The quantitative estimate of drug-likeness (QED) is 0.687. The van der Waals surface area contributed by atoms with Gasteiger partial charge in [-0.1, -0.05) is 6.42 Å². The van der Waals surface area contributed by atoms with Crippen molar-refractivity contribution in [3.05, 3.63) is 24.3 Å². The van der Waals surface area contributed by atoms with Crippen molar-refractivity contribution in [2.75, 3.05) is 44.6 Å². The summed E-state index contributed by atoms with van der Waals surface area (Å²) in [5.74, 6) is 0.958. The molecular weight excluding hydrogens is 262 g/mol. The first-order valence-corrected chi connectivity index (χ1v) is 8.27. The summed E-state index contributed by atoms with van der Waals surface area (Å²) in [7, 11) is 0. The Morgan fingerprint density at radius 1 is 1.05 bits per heavy atom. The molecule has 0 bridgehead atoms. The zero-order valence-electron chi connectivity index (χ0n) is 13.0. The lowest BCUT2D eigenvalue weighted by Crippen LogP contribution is -2.33. The molecule has 21 heavy (non-hydrogen) atoms. The summed E-state index contributed by atoms with van der Waals surface area (Å²) >= 11 is 0. The van der Waals surface area contributed by atoms with Crippen LogP contribution in [-0.2, 0) is 0 Å². The number of nitrogens with two attached hydrogens (primary N) is 1. The molecule has 0 unspecified atom stereocenters. The van der Waals surface area contributed by atoms with E-state index in [0.29, 0.717) is 0 Å². The number of unbranched alkanes of at least 4 members (excludes halogenated alkanes) is 1. The predicted octanol–water partition coefficient (Wildman–Crippen LogP) is 2.70. The number of anilines is 1. The molecule has 1 heterocycles. The second-order valence-corrected chi connectivity index (χ2v) is 5.70. The zero-order valence-corrected chi connectivity index (χ0v) is 13.0. The molecular formula is C17H29N3O. The third kappa shape index (κ3) is 6.36. The summed E-state index contributed by atoms with van der Waals surface area (Å²) in [5.41, 5.74) is 6.63. The maximum Gasteiger partial charge on any atom is 0.119 e. The second-order valence-electron chi connectivity index (χ2n) is 5.70. The Hall–Kier alpha value is -1.26. The molecule has 0 amide bonds. The number of piperidine rings is 1. The van der Waals surface area contributed by atoms with Gasteiger partial charge in [0.15, 0.2) is 0 Å². The third-order valence-electron chi connectivity index (χ3n) is 3.94. The van der Waals surface area contributed by atoms with Crippen LogP contribution in [0.5, 0.6) is 5.75 Å². The lowest BCUT2D eigenvalue weighted by atomic mass is 10.1. The average Bonchev–Trinajstić information content (AvgIpc) is 2.54. The molecule has 0 aromatic heterocycles. The Morgan fingerprint density at radius 2 is 1.81 bits per heavy atom. The van der Waals surface area contributed by atoms with Gasteiger partial charge < -0.3 is 15.8 Å². The van der Waals surface area contributed by atoms with E-state index < -0.39 is 0 Å². The van der Waals surface area contributed by atoms with Gasteiger partial charge in [-0.2, -0.15) is 0 Å². The zero-order chi connectivity index (χ0) is 14.8. The van der Waals surface area contributed by atoms with E-state index in [9.17, 15) is 0 Å². The van der Waals surface area contributed by atoms with Gasteiger partial charge in [0.1, 0.15) is 12.4 Å². The van der Waals surface area contributed by atoms with Crippen LogP contribution in [-0.4, -0.2) is 44.2 Å². The summed E-state index contributed by atoms with van der Waals surface area (Å²) in [5, 5.41) is 3.40. The third-order valence-corrected chi connectivity index (χ3v) is 3.94.